The predicted molar refractivity (Wildman–Crippen MR) is 74.0 cm³/mol. The highest BCUT2D eigenvalue weighted by Gasteiger charge is 2.11. The molecule has 1 aromatic rings. The Morgan fingerprint density at radius 2 is 2.26 bits per heavy atom. The van der Waals surface area contributed by atoms with Crippen LogP contribution in [-0.2, 0) is 4.79 Å². The van der Waals surface area contributed by atoms with E-state index >= 15 is 0 Å². The summed E-state index contributed by atoms with van der Waals surface area (Å²) in [6, 6.07) is 8.97. The first-order valence-corrected chi connectivity index (χ1v) is 6.16. The lowest BCUT2D eigenvalue weighted by atomic mass is 10.1. The SMILES string of the molecule is CC(CO)C(C)NC(=O)/C=C/c1cccc(C#N)c1. The molecule has 0 bridgehead atoms. The van der Waals surface area contributed by atoms with Gasteiger partial charge < -0.3 is 10.4 Å². The lowest BCUT2D eigenvalue weighted by molar-refractivity contribution is -0.117. The number of nitrogens with zero attached hydrogens (tertiary/aromatic N) is 1. The van der Waals surface area contributed by atoms with E-state index in [1.165, 1.54) is 6.08 Å². The summed E-state index contributed by atoms with van der Waals surface area (Å²) in [7, 11) is 0. The third-order valence-corrected chi connectivity index (χ3v) is 2.95. The fourth-order valence-corrected chi connectivity index (χ4v) is 1.46. The third-order valence-electron chi connectivity index (χ3n) is 2.95. The van der Waals surface area contributed by atoms with Gasteiger partial charge >= 0.3 is 0 Å². The number of nitriles is 1. The zero-order chi connectivity index (χ0) is 14.3. The van der Waals surface area contributed by atoms with Gasteiger partial charge in [-0.15, -0.1) is 0 Å². The Hall–Kier alpha value is -2.12. The van der Waals surface area contributed by atoms with E-state index in [2.05, 4.69) is 5.32 Å². The largest absolute Gasteiger partial charge is 0.396 e. The van der Waals surface area contributed by atoms with Gasteiger partial charge in [0.2, 0.25) is 5.91 Å². The molecule has 0 saturated heterocycles. The monoisotopic (exact) mass is 258 g/mol. The number of nitrogens with one attached hydrogen (secondary N) is 1. The van der Waals surface area contributed by atoms with Gasteiger partial charge in [0.25, 0.3) is 0 Å². The number of amides is 1. The van der Waals surface area contributed by atoms with E-state index in [0.717, 1.165) is 5.56 Å². The van der Waals surface area contributed by atoms with Crippen molar-refractivity contribution < 1.29 is 9.90 Å². The first kappa shape index (κ1) is 14.9. The Balaban J connectivity index is 2.61. The highest BCUT2D eigenvalue weighted by molar-refractivity contribution is 5.91. The van der Waals surface area contributed by atoms with Crippen molar-refractivity contribution in [3.05, 3.63) is 41.5 Å². The van der Waals surface area contributed by atoms with E-state index < -0.39 is 0 Å². The van der Waals surface area contributed by atoms with Gasteiger partial charge in [-0.2, -0.15) is 5.26 Å². The summed E-state index contributed by atoms with van der Waals surface area (Å²) in [5.74, 6) is -0.200. The summed E-state index contributed by atoms with van der Waals surface area (Å²) >= 11 is 0. The van der Waals surface area contributed by atoms with Crippen LogP contribution in [0.1, 0.15) is 25.0 Å². The van der Waals surface area contributed by atoms with Crippen LogP contribution in [0.5, 0.6) is 0 Å². The van der Waals surface area contributed by atoms with Crippen molar-refractivity contribution in [2.75, 3.05) is 6.61 Å². The topological polar surface area (TPSA) is 73.1 Å². The second kappa shape index (κ2) is 7.34. The molecule has 4 nitrogen and oxygen atoms in total. The van der Waals surface area contributed by atoms with Gasteiger partial charge in [0.1, 0.15) is 0 Å². The molecule has 2 N–H and O–H groups in total. The Morgan fingerprint density at radius 3 is 2.89 bits per heavy atom. The van der Waals surface area contributed by atoms with Crippen LogP contribution in [0, 0.1) is 17.2 Å². The maximum absolute atomic E-state index is 11.7. The Morgan fingerprint density at radius 1 is 1.53 bits per heavy atom. The van der Waals surface area contributed by atoms with Gasteiger partial charge in [-0.3, -0.25) is 4.79 Å². The molecule has 0 aliphatic heterocycles. The molecule has 19 heavy (non-hydrogen) atoms. The molecule has 1 rings (SSSR count). The van der Waals surface area contributed by atoms with Crippen molar-refractivity contribution >= 4 is 12.0 Å². The number of hydrogen-bond acceptors (Lipinski definition) is 3. The molecule has 1 amide bonds. The normalized spacial score (nSPS) is 13.8. The van der Waals surface area contributed by atoms with Crippen LogP contribution in [0.3, 0.4) is 0 Å². The van der Waals surface area contributed by atoms with Gasteiger partial charge in [-0.05, 0) is 36.6 Å². The minimum atomic E-state index is -0.213. The molecule has 0 aromatic heterocycles. The van der Waals surface area contributed by atoms with Crippen LogP contribution in [-0.4, -0.2) is 23.7 Å². The summed E-state index contributed by atoms with van der Waals surface area (Å²) in [5.41, 5.74) is 1.36. The van der Waals surface area contributed by atoms with Crippen LogP contribution < -0.4 is 5.32 Å². The fourth-order valence-electron chi connectivity index (χ4n) is 1.46. The fraction of sp³-hybridized carbons (Fsp3) is 0.333. The molecule has 2 atom stereocenters. The number of aliphatic hydroxyl groups excluding tert-OH is 1. The van der Waals surface area contributed by atoms with Gasteiger partial charge in [0, 0.05) is 18.7 Å². The summed E-state index contributed by atoms with van der Waals surface area (Å²) in [5, 5.41) is 20.5. The second-order valence-electron chi connectivity index (χ2n) is 4.53. The van der Waals surface area contributed by atoms with Gasteiger partial charge in [-0.1, -0.05) is 19.1 Å². The van der Waals surface area contributed by atoms with Crippen molar-refractivity contribution in [1.82, 2.24) is 5.32 Å². The minimum absolute atomic E-state index is 0.0132. The molecule has 0 spiro atoms. The number of benzene rings is 1. The van der Waals surface area contributed by atoms with Crippen LogP contribution in [0.25, 0.3) is 6.08 Å². The Labute approximate surface area is 113 Å². The summed E-state index contributed by atoms with van der Waals surface area (Å²) < 4.78 is 0. The van der Waals surface area contributed by atoms with Crippen molar-refractivity contribution in [3.8, 4) is 6.07 Å². The minimum Gasteiger partial charge on any atom is -0.396 e. The number of carbonyl (C=O) groups is 1. The molecule has 0 saturated carbocycles. The van der Waals surface area contributed by atoms with Crippen LogP contribution in [0.2, 0.25) is 0 Å². The molecule has 2 unspecified atom stereocenters. The zero-order valence-corrected chi connectivity index (χ0v) is 11.1. The van der Waals surface area contributed by atoms with Crippen LogP contribution >= 0.6 is 0 Å². The molecular formula is C15H18N2O2. The average Bonchev–Trinajstić information content (AvgIpc) is 2.44. The van der Waals surface area contributed by atoms with Gasteiger partial charge in [0.15, 0.2) is 0 Å². The molecule has 4 heteroatoms. The van der Waals surface area contributed by atoms with E-state index in [0.29, 0.717) is 5.56 Å². The lowest BCUT2D eigenvalue weighted by Gasteiger charge is -2.18. The summed E-state index contributed by atoms with van der Waals surface area (Å²) in [4.78, 5) is 11.7. The van der Waals surface area contributed by atoms with E-state index in [-0.39, 0.29) is 24.5 Å². The van der Waals surface area contributed by atoms with E-state index in [9.17, 15) is 4.79 Å². The molecule has 100 valence electrons. The number of carbonyl (C=O) groups excluding carboxylic acids is 1. The first-order chi connectivity index (χ1) is 9.06. The second-order valence-corrected chi connectivity index (χ2v) is 4.53. The van der Waals surface area contributed by atoms with Gasteiger partial charge in [0.05, 0.1) is 11.6 Å². The highest BCUT2D eigenvalue weighted by atomic mass is 16.3. The number of aliphatic hydroxyl groups is 1. The van der Waals surface area contributed by atoms with Gasteiger partial charge in [-0.25, -0.2) is 0 Å². The van der Waals surface area contributed by atoms with E-state index in [1.54, 1.807) is 24.3 Å². The quantitative estimate of drug-likeness (QED) is 0.789. The molecule has 0 aliphatic carbocycles. The first-order valence-electron chi connectivity index (χ1n) is 6.16. The van der Waals surface area contributed by atoms with E-state index in [1.807, 2.05) is 26.0 Å². The molecule has 0 fully saturated rings. The molecular weight excluding hydrogens is 240 g/mol. The highest BCUT2D eigenvalue weighted by Crippen LogP contribution is 2.06. The smallest absolute Gasteiger partial charge is 0.244 e. The van der Waals surface area contributed by atoms with Crippen molar-refractivity contribution in [3.63, 3.8) is 0 Å². The van der Waals surface area contributed by atoms with E-state index in [4.69, 9.17) is 10.4 Å². The molecule has 0 radical (unpaired) electrons. The lowest BCUT2D eigenvalue weighted by Crippen LogP contribution is -2.37. The molecule has 1 aromatic carbocycles. The van der Waals surface area contributed by atoms with Crippen molar-refractivity contribution in [2.24, 2.45) is 5.92 Å². The Kier molecular flexibility index (Phi) is 5.77. The number of rotatable bonds is 5. The number of hydrogen-bond donors (Lipinski definition) is 2. The van der Waals surface area contributed by atoms with Crippen molar-refractivity contribution in [2.45, 2.75) is 19.9 Å². The summed E-state index contributed by atoms with van der Waals surface area (Å²) in [6.07, 6.45) is 3.09. The maximum atomic E-state index is 11.7. The predicted octanol–water partition coefficient (Wildman–Crippen LogP) is 1.70. The molecule has 0 heterocycles. The maximum Gasteiger partial charge on any atom is 0.244 e. The third kappa shape index (κ3) is 4.94. The molecule has 0 aliphatic rings. The zero-order valence-electron chi connectivity index (χ0n) is 11.1. The van der Waals surface area contributed by atoms with Crippen molar-refractivity contribution in [1.29, 1.82) is 5.26 Å². The van der Waals surface area contributed by atoms with Crippen LogP contribution in [0.4, 0.5) is 0 Å². The Bertz CT molecular complexity index is 503. The van der Waals surface area contributed by atoms with Crippen LogP contribution in [0.15, 0.2) is 30.3 Å². The average molecular weight is 258 g/mol. The standard InChI is InChI=1S/C15H18N2O2/c1-11(10-18)12(2)17-15(19)7-6-13-4-3-5-14(8-13)9-16/h3-8,11-12,18H,10H2,1-2H3,(H,17,19)/b7-6+. The summed E-state index contributed by atoms with van der Waals surface area (Å²) in [6.45, 7) is 3.75.